The van der Waals surface area contributed by atoms with Crippen molar-refractivity contribution in [3.05, 3.63) is 47.0 Å². The smallest absolute Gasteiger partial charge is 0.348 e. The van der Waals surface area contributed by atoms with Crippen molar-refractivity contribution in [1.82, 2.24) is 0 Å². The number of hydrogen-bond acceptors (Lipinski definition) is 7. The second kappa shape index (κ2) is 10.1. The lowest BCUT2D eigenvalue weighted by Gasteiger charge is -2.31. The number of carbonyl (C=O) groups excluding carboxylic acids is 3. The van der Waals surface area contributed by atoms with Crippen LogP contribution in [0.3, 0.4) is 0 Å². The van der Waals surface area contributed by atoms with E-state index in [-0.39, 0.29) is 31.0 Å². The molecule has 0 N–H and O–H groups in total. The molecule has 0 aliphatic heterocycles. The largest absolute Gasteiger partial charge is 0.465 e. The van der Waals surface area contributed by atoms with E-state index >= 15 is 0 Å². The molecule has 0 aliphatic carbocycles. The summed E-state index contributed by atoms with van der Waals surface area (Å²) in [5, 5.41) is 9.51. The van der Waals surface area contributed by atoms with Gasteiger partial charge >= 0.3 is 17.9 Å². The fourth-order valence-corrected chi connectivity index (χ4v) is 2.68. The first-order chi connectivity index (χ1) is 12.9. The molecule has 27 heavy (non-hydrogen) atoms. The van der Waals surface area contributed by atoms with Crippen LogP contribution in [0.4, 0.5) is 0 Å². The Bertz CT molecular complexity index is 742. The van der Waals surface area contributed by atoms with Crippen LogP contribution in [0.1, 0.15) is 33.3 Å². The molecule has 0 saturated heterocycles. The van der Waals surface area contributed by atoms with Crippen molar-refractivity contribution in [3.63, 3.8) is 0 Å². The lowest BCUT2D eigenvalue weighted by atomic mass is 9.72. The normalized spacial score (nSPS) is 11.7. The third kappa shape index (κ3) is 4.34. The molecule has 0 fully saturated rings. The summed E-state index contributed by atoms with van der Waals surface area (Å²) in [5.41, 5.74) is -2.41. The van der Waals surface area contributed by atoms with Gasteiger partial charge in [-0.25, -0.2) is 4.79 Å². The Kier molecular flexibility index (Phi) is 8.21. The van der Waals surface area contributed by atoms with Crippen LogP contribution in [-0.2, 0) is 34.0 Å². The molecule has 0 radical (unpaired) electrons. The predicted molar refractivity (Wildman–Crippen MR) is 96.3 cm³/mol. The van der Waals surface area contributed by atoms with Crippen LogP contribution in [0.5, 0.6) is 0 Å². The molecule has 1 aromatic carbocycles. The number of esters is 3. The van der Waals surface area contributed by atoms with Gasteiger partial charge in [-0.2, -0.15) is 5.26 Å². The van der Waals surface area contributed by atoms with Crippen LogP contribution in [-0.4, -0.2) is 37.7 Å². The SMILES string of the molecule is CCOC(=O)/C(C#N)=C(\C)C(C(=O)OCC)(C(=O)OCC)c1ccccc1. The summed E-state index contributed by atoms with van der Waals surface area (Å²) in [7, 11) is 0. The van der Waals surface area contributed by atoms with E-state index in [0.717, 1.165) is 0 Å². The maximum atomic E-state index is 13.0. The number of ether oxygens (including phenoxy) is 3. The van der Waals surface area contributed by atoms with Gasteiger partial charge in [0.15, 0.2) is 0 Å². The highest BCUT2D eigenvalue weighted by Gasteiger charge is 2.54. The standard InChI is InChI=1S/C20H23NO6/c1-5-25-17(22)16(13-21)14(4)20(18(23)26-6-2,19(24)27-7-3)15-11-9-8-10-12-15/h8-12H,5-7H2,1-4H3/b16-14+. The Morgan fingerprint density at radius 2 is 1.41 bits per heavy atom. The number of carbonyl (C=O) groups is 3. The van der Waals surface area contributed by atoms with Crippen molar-refractivity contribution in [2.45, 2.75) is 33.1 Å². The summed E-state index contributed by atoms with van der Waals surface area (Å²) in [4.78, 5) is 38.3. The van der Waals surface area contributed by atoms with E-state index in [9.17, 15) is 19.6 Å². The van der Waals surface area contributed by atoms with Crippen molar-refractivity contribution in [2.75, 3.05) is 19.8 Å². The highest BCUT2D eigenvalue weighted by Crippen LogP contribution is 2.37. The average molecular weight is 373 g/mol. The fraction of sp³-hybridized carbons (Fsp3) is 0.400. The van der Waals surface area contributed by atoms with Gasteiger partial charge in [0.1, 0.15) is 11.6 Å². The summed E-state index contributed by atoms with van der Waals surface area (Å²) in [6.07, 6.45) is 0. The minimum Gasteiger partial charge on any atom is -0.465 e. The highest BCUT2D eigenvalue weighted by atomic mass is 16.6. The number of hydrogen-bond donors (Lipinski definition) is 0. The summed E-state index contributed by atoms with van der Waals surface area (Å²) in [5.74, 6) is -2.78. The lowest BCUT2D eigenvalue weighted by molar-refractivity contribution is -0.162. The first-order valence-corrected chi connectivity index (χ1v) is 8.60. The van der Waals surface area contributed by atoms with Gasteiger partial charge in [0.25, 0.3) is 0 Å². The molecule has 0 atom stereocenters. The van der Waals surface area contributed by atoms with Gasteiger partial charge in [-0.3, -0.25) is 9.59 Å². The second-order valence-electron chi connectivity index (χ2n) is 5.39. The fourth-order valence-electron chi connectivity index (χ4n) is 2.68. The monoisotopic (exact) mass is 373 g/mol. The minimum atomic E-state index is -2.09. The molecular formula is C20H23NO6. The van der Waals surface area contributed by atoms with Crippen LogP contribution in [0, 0.1) is 11.3 Å². The number of nitrogens with zero attached hydrogens (tertiary/aromatic N) is 1. The zero-order valence-corrected chi connectivity index (χ0v) is 15.9. The van der Waals surface area contributed by atoms with E-state index in [1.807, 2.05) is 0 Å². The molecule has 144 valence electrons. The van der Waals surface area contributed by atoms with Gasteiger partial charge in [0.05, 0.1) is 19.8 Å². The molecule has 0 heterocycles. The van der Waals surface area contributed by atoms with E-state index in [1.165, 1.54) is 19.1 Å². The topological polar surface area (TPSA) is 103 Å². The maximum absolute atomic E-state index is 13.0. The Morgan fingerprint density at radius 1 is 0.926 bits per heavy atom. The molecule has 0 spiro atoms. The molecule has 7 heteroatoms. The van der Waals surface area contributed by atoms with Crippen molar-refractivity contribution in [3.8, 4) is 6.07 Å². The van der Waals surface area contributed by atoms with E-state index < -0.39 is 28.9 Å². The van der Waals surface area contributed by atoms with Crippen LogP contribution in [0.15, 0.2) is 41.5 Å². The van der Waals surface area contributed by atoms with Crippen LogP contribution >= 0.6 is 0 Å². The van der Waals surface area contributed by atoms with Gasteiger partial charge < -0.3 is 14.2 Å². The minimum absolute atomic E-state index is 0.00138. The van der Waals surface area contributed by atoms with Gasteiger partial charge in [-0.1, -0.05) is 30.3 Å². The molecule has 0 bridgehead atoms. The van der Waals surface area contributed by atoms with Crippen molar-refractivity contribution >= 4 is 17.9 Å². The number of rotatable bonds is 8. The summed E-state index contributed by atoms with van der Waals surface area (Å²) >= 11 is 0. The van der Waals surface area contributed by atoms with Crippen molar-refractivity contribution in [2.24, 2.45) is 0 Å². The van der Waals surface area contributed by atoms with Crippen molar-refractivity contribution < 1.29 is 28.6 Å². The second-order valence-corrected chi connectivity index (χ2v) is 5.39. The number of nitriles is 1. The molecule has 1 rings (SSSR count). The molecule has 0 aromatic heterocycles. The summed E-state index contributed by atoms with van der Waals surface area (Å²) in [6.45, 7) is 6.17. The third-order valence-electron chi connectivity index (χ3n) is 3.90. The lowest BCUT2D eigenvalue weighted by Crippen LogP contribution is -2.48. The average Bonchev–Trinajstić information content (AvgIpc) is 2.64. The molecule has 0 amide bonds. The van der Waals surface area contributed by atoms with Crippen LogP contribution in [0.25, 0.3) is 0 Å². The van der Waals surface area contributed by atoms with Crippen LogP contribution < -0.4 is 0 Å². The van der Waals surface area contributed by atoms with Gasteiger partial charge in [0, 0.05) is 0 Å². The molecule has 0 aliphatic rings. The Morgan fingerprint density at radius 3 is 1.81 bits per heavy atom. The molecule has 0 unspecified atom stereocenters. The Hall–Kier alpha value is -3.14. The van der Waals surface area contributed by atoms with E-state index in [0.29, 0.717) is 0 Å². The zero-order valence-electron chi connectivity index (χ0n) is 15.9. The van der Waals surface area contributed by atoms with Gasteiger partial charge in [0.2, 0.25) is 5.41 Å². The third-order valence-corrected chi connectivity index (χ3v) is 3.90. The highest BCUT2D eigenvalue weighted by molar-refractivity contribution is 6.12. The zero-order chi connectivity index (χ0) is 20.4. The number of benzene rings is 1. The van der Waals surface area contributed by atoms with Crippen molar-refractivity contribution in [1.29, 1.82) is 5.26 Å². The van der Waals surface area contributed by atoms with Gasteiger partial charge in [-0.15, -0.1) is 0 Å². The quantitative estimate of drug-likeness (QED) is 0.227. The van der Waals surface area contributed by atoms with E-state index in [2.05, 4.69) is 0 Å². The first kappa shape index (κ1) is 21.9. The van der Waals surface area contributed by atoms with E-state index in [4.69, 9.17) is 14.2 Å². The Labute approximate surface area is 158 Å². The predicted octanol–water partition coefficient (Wildman–Crippen LogP) is 2.45. The Balaban J connectivity index is 3.89. The summed E-state index contributed by atoms with van der Waals surface area (Å²) in [6, 6.07) is 9.79. The van der Waals surface area contributed by atoms with E-state index in [1.54, 1.807) is 45.0 Å². The maximum Gasteiger partial charge on any atom is 0.348 e. The molecular weight excluding hydrogens is 350 g/mol. The molecule has 1 aromatic rings. The van der Waals surface area contributed by atoms with Crippen LogP contribution in [0.2, 0.25) is 0 Å². The molecule has 7 nitrogen and oxygen atoms in total. The summed E-state index contributed by atoms with van der Waals surface area (Å²) < 4.78 is 15.2. The molecule has 0 saturated carbocycles. The van der Waals surface area contributed by atoms with Gasteiger partial charge in [-0.05, 0) is 38.8 Å². The first-order valence-electron chi connectivity index (χ1n) is 8.60.